The van der Waals surface area contributed by atoms with Crippen LogP contribution in [0.1, 0.15) is 37.0 Å². The molecule has 0 aliphatic rings. The Kier molecular flexibility index (Phi) is 7.32. The topological polar surface area (TPSA) is 4.93 Å². The number of hydrogen-bond acceptors (Lipinski definition) is 0. The summed E-state index contributed by atoms with van der Waals surface area (Å²) in [6.45, 7) is 9.25. The van der Waals surface area contributed by atoms with E-state index in [0.29, 0.717) is 3.42 Å². The van der Waals surface area contributed by atoms with E-state index in [9.17, 15) is 0 Å². The van der Waals surface area contributed by atoms with Crippen LogP contribution in [-0.4, -0.2) is 4.57 Å². The Morgan fingerprint density at radius 3 is 2.03 bits per heavy atom. The first kappa shape index (κ1) is 26.6. The van der Waals surface area contributed by atoms with Crippen LogP contribution >= 0.6 is 18.6 Å². The zero-order valence-electron chi connectivity index (χ0n) is 22.8. The third kappa shape index (κ3) is 4.71. The summed E-state index contributed by atoms with van der Waals surface area (Å²) in [5.74, 6) is 0. The number of para-hydroxylation sites is 2. The Labute approximate surface area is 251 Å². The quantitative estimate of drug-likeness (QED) is 0.122. The molecule has 0 bridgehead atoms. The van der Waals surface area contributed by atoms with E-state index in [0.717, 1.165) is 0 Å². The Bertz CT molecular complexity index is 1810. The molecule has 0 saturated carbocycles. The Morgan fingerprint density at radius 1 is 0.667 bits per heavy atom. The first-order valence-corrected chi connectivity index (χ1v) is 20.9. The number of fused-ring (bicyclic) bond motifs is 3. The van der Waals surface area contributed by atoms with E-state index in [2.05, 4.69) is 160 Å². The van der Waals surface area contributed by atoms with Gasteiger partial charge in [0.15, 0.2) is 0 Å². The fourth-order valence-electron chi connectivity index (χ4n) is 5.63. The van der Waals surface area contributed by atoms with Gasteiger partial charge in [-0.3, -0.25) is 0 Å². The van der Waals surface area contributed by atoms with Gasteiger partial charge in [-0.05, 0) is 18.2 Å². The van der Waals surface area contributed by atoms with Crippen molar-refractivity contribution in [2.24, 2.45) is 0 Å². The summed E-state index contributed by atoms with van der Waals surface area (Å²) in [5, 5.41) is 2.58. The Hall–Kier alpha value is -2.64. The van der Waals surface area contributed by atoms with Crippen LogP contribution in [0.2, 0.25) is 0 Å². The monoisotopic (exact) mass is 732 g/mol. The summed E-state index contributed by atoms with van der Waals surface area (Å²) in [6, 6.07) is 40.5. The Balaban J connectivity index is 1.51. The summed E-state index contributed by atoms with van der Waals surface area (Å²) in [5.41, 5.74) is 13.0. The summed E-state index contributed by atoms with van der Waals surface area (Å²) in [7, 11) is 0. The first-order valence-electron chi connectivity index (χ1n) is 13.5. The molecule has 6 rings (SSSR count). The number of alkyl halides is 1. The molecule has 1 atom stereocenters. The van der Waals surface area contributed by atoms with Gasteiger partial charge in [0, 0.05) is 5.69 Å². The van der Waals surface area contributed by atoms with E-state index in [1.54, 1.807) is 0 Å². The molecule has 1 aromatic heterocycles. The van der Waals surface area contributed by atoms with Crippen molar-refractivity contribution in [3.8, 4) is 27.9 Å². The van der Waals surface area contributed by atoms with Gasteiger partial charge in [0.1, 0.15) is 0 Å². The van der Waals surface area contributed by atoms with Crippen LogP contribution in [0.15, 0.2) is 109 Å². The van der Waals surface area contributed by atoms with Crippen molar-refractivity contribution >= 4 is 40.4 Å². The standard InChI is InChI=1S/C36H32I2N/c1-5-36(4,38-37)28-19-16-25(3)32(23-28)31-21-26(17-15-24(31)2)27-18-20-35-33(22-27)30-13-9-10-14-34(30)39(35)29-11-7-6-8-12-29/h6-23H,5H2,1-4H3/q-1. The normalized spacial score (nSPS) is 13.3. The summed E-state index contributed by atoms with van der Waals surface area (Å²) < 4.78 is 2.68. The molecule has 0 amide bonds. The first-order chi connectivity index (χ1) is 18.9. The molecular formula is C36H32I2N-. The number of aromatic nitrogens is 1. The SMILES string of the molecule is CCC(C)([I-]I)c1ccc(C)c(-c2cc(-c3ccc4c(c3)c3ccccc3n4-c3ccccc3)ccc2C)c1. The fourth-order valence-corrected chi connectivity index (χ4v) is 10.0. The zero-order valence-corrected chi connectivity index (χ0v) is 27.1. The van der Waals surface area contributed by atoms with Crippen LogP contribution in [0, 0.1) is 13.8 Å². The molecule has 0 spiro atoms. The van der Waals surface area contributed by atoms with Gasteiger partial charge in [0.05, 0.1) is 0 Å². The van der Waals surface area contributed by atoms with Gasteiger partial charge in [0.2, 0.25) is 0 Å². The third-order valence-corrected chi connectivity index (χ3v) is 16.5. The molecular weight excluding hydrogens is 700 g/mol. The van der Waals surface area contributed by atoms with Crippen LogP contribution in [-0.2, 0) is 3.42 Å². The number of benzene rings is 5. The van der Waals surface area contributed by atoms with E-state index in [4.69, 9.17) is 0 Å². The minimum absolute atomic E-state index is 0.0557. The van der Waals surface area contributed by atoms with Crippen molar-refractivity contribution in [3.63, 3.8) is 0 Å². The summed E-state index contributed by atoms with van der Waals surface area (Å²) in [6.07, 6.45) is 1.18. The second-order valence-electron chi connectivity index (χ2n) is 10.6. The molecule has 39 heavy (non-hydrogen) atoms. The van der Waals surface area contributed by atoms with Gasteiger partial charge in [-0.15, -0.1) is 0 Å². The van der Waals surface area contributed by atoms with Crippen LogP contribution in [0.3, 0.4) is 0 Å². The molecule has 0 N–H and O–H groups in total. The maximum atomic E-state index is 2.65. The van der Waals surface area contributed by atoms with Gasteiger partial charge in [-0.25, -0.2) is 0 Å². The average Bonchev–Trinajstić information content (AvgIpc) is 3.31. The van der Waals surface area contributed by atoms with E-state index in [-0.39, 0.29) is 17.2 Å². The van der Waals surface area contributed by atoms with Crippen LogP contribution < -0.4 is 17.2 Å². The maximum absolute atomic E-state index is 2.65. The number of halogens is 2. The van der Waals surface area contributed by atoms with Crippen LogP contribution in [0.5, 0.6) is 0 Å². The molecule has 0 radical (unpaired) electrons. The molecule has 1 nitrogen and oxygen atoms in total. The number of nitrogens with zero attached hydrogens (tertiary/aromatic N) is 1. The zero-order chi connectivity index (χ0) is 27.1. The van der Waals surface area contributed by atoms with Gasteiger partial charge >= 0.3 is 199 Å². The molecule has 0 fully saturated rings. The van der Waals surface area contributed by atoms with Gasteiger partial charge in [-0.1, -0.05) is 30.3 Å². The molecule has 6 aromatic rings. The number of hydrogen-bond donors (Lipinski definition) is 0. The van der Waals surface area contributed by atoms with Crippen molar-refractivity contribution in [2.75, 3.05) is 0 Å². The van der Waals surface area contributed by atoms with Crippen molar-refractivity contribution in [1.82, 2.24) is 4.57 Å². The molecule has 196 valence electrons. The predicted molar refractivity (Wildman–Crippen MR) is 173 cm³/mol. The van der Waals surface area contributed by atoms with Crippen molar-refractivity contribution < 1.29 is 17.2 Å². The van der Waals surface area contributed by atoms with Gasteiger partial charge in [0.25, 0.3) is 0 Å². The number of aryl methyl sites for hydroxylation is 2. The summed E-state index contributed by atoms with van der Waals surface area (Å²) in [4.78, 5) is 0. The Morgan fingerprint density at radius 2 is 1.28 bits per heavy atom. The predicted octanol–water partition coefficient (Wildman–Crippen LogP) is 7.80. The molecule has 5 aromatic carbocycles. The van der Waals surface area contributed by atoms with E-state index >= 15 is 0 Å². The van der Waals surface area contributed by atoms with Crippen LogP contribution in [0.25, 0.3) is 49.7 Å². The molecule has 1 heterocycles. The minimum atomic E-state index is 0.0557. The molecule has 1 unspecified atom stereocenters. The van der Waals surface area contributed by atoms with E-state index in [1.807, 2.05) is 0 Å². The van der Waals surface area contributed by atoms with Crippen LogP contribution in [0.4, 0.5) is 0 Å². The van der Waals surface area contributed by atoms with Crippen molar-refractivity contribution in [3.05, 3.63) is 126 Å². The fraction of sp³-hybridized carbons (Fsp3) is 0.167. The second-order valence-corrected chi connectivity index (χ2v) is 16.1. The molecule has 0 saturated heterocycles. The molecule has 0 aliphatic carbocycles. The molecule has 0 aliphatic heterocycles. The molecule has 3 heteroatoms. The second kappa shape index (κ2) is 10.7. The average molecular weight is 732 g/mol. The summed E-state index contributed by atoms with van der Waals surface area (Å²) >= 11 is 2.71. The van der Waals surface area contributed by atoms with Crippen molar-refractivity contribution in [2.45, 2.75) is 37.5 Å². The van der Waals surface area contributed by atoms with Gasteiger partial charge < -0.3 is 0 Å². The van der Waals surface area contributed by atoms with E-state index in [1.165, 1.54) is 72.9 Å². The number of rotatable bonds is 6. The third-order valence-electron chi connectivity index (χ3n) is 8.21. The van der Waals surface area contributed by atoms with Crippen molar-refractivity contribution in [1.29, 1.82) is 0 Å². The van der Waals surface area contributed by atoms with Gasteiger partial charge in [-0.2, -0.15) is 0 Å². The van der Waals surface area contributed by atoms with E-state index < -0.39 is 0 Å².